The van der Waals surface area contributed by atoms with Crippen LogP contribution in [0.1, 0.15) is 19.8 Å². The van der Waals surface area contributed by atoms with Crippen LogP contribution in [-0.2, 0) is 4.74 Å². The van der Waals surface area contributed by atoms with Crippen molar-refractivity contribution in [2.45, 2.75) is 30.8 Å². The molecule has 2 unspecified atom stereocenters. The van der Waals surface area contributed by atoms with Gasteiger partial charge in [-0.1, -0.05) is 18.2 Å². The third kappa shape index (κ3) is 3.28. The van der Waals surface area contributed by atoms with Crippen molar-refractivity contribution in [3.05, 3.63) is 30.3 Å². The zero-order valence-corrected chi connectivity index (χ0v) is 12.1. The SMILES string of the molecule is CNCC1(CCSc2ccccc2)CCOC1C. The van der Waals surface area contributed by atoms with Crippen molar-refractivity contribution >= 4 is 11.8 Å². The van der Waals surface area contributed by atoms with Crippen LogP contribution in [0, 0.1) is 5.41 Å². The second kappa shape index (κ2) is 6.60. The maximum Gasteiger partial charge on any atom is 0.0616 e. The monoisotopic (exact) mass is 265 g/mol. The molecule has 0 aromatic heterocycles. The molecule has 2 atom stereocenters. The number of nitrogens with one attached hydrogen (secondary N) is 1. The number of thioether (sulfide) groups is 1. The van der Waals surface area contributed by atoms with Crippen molar-refractivity contribution < 1.29 is 4.74 Å². The fourth-order valence-electron chi connectivity index (χ4n) is 2.71. The van der Waals surface area contributed by atoms with E-state index >= 15 is 0 Å². The standard InChI is InChI=1S/C15H23NOS/c1-13-15(12-16-2,8-10-17-13)9-11-18-14-6-4-3-5-7-14/h3-7,13,16H,8-12H2,1-2H3. The Balaban J connectivity index is 1.87. The second-order valence-electron chi connectivity index (χ2n) is 5.07. The number of ether oxygens (including phenoxy) is 1. The van der Waals surface area contributed by atoms with Gasteiger partial charge in [-0.2, -0.15) is 0 Å². The van der Waals surface area contributed by atoms with E-state index in [0.717, 1.165) is 13.2 Å². The third-order valence-electron chi connectivity index (χ3n) is 3.97. The van der Waals surface area contributed by atoms with Gasteiger partial charge in [0.2, 0.25) is 0 Å². The molecule has 1 fully saturated rings. The fraction of sp³-hybridized carbons (Fsp3) is 0.600. The van der Waals surface area contributed by atoms with Crippen LogP contribution >= 0.6 is 11.8 Å². The maximum absolute atomic E-state index is 5.77. The van der Waals surface area contributed by atoms with E-state index in [1.807, 2.05) is 18.8 Å². The lowest BCUT2D eigenvalue weighted by Gasteiger charge is -2.32. The van der Waals surface area contributed by atoms with Crippen LogP contribution in [0.25, 0.3) is 0 Å². The molecule has 0 radical (unpaired) electrons. The fourth-order valence-corrected chi connectivity index (χ4v) is 3.80. The Labute approximate surface area is 114 Å². The van der Waals surface area contributed by atoms with Crippen LogP contribution in [0.3, 0.4) is 0 Å². The van der Waals surface area contributed by atoms with E-state index in [2.05, 4.69) is 42.6 Å². The number of rotatable bonds is 6. The van der Waals surface area contributed by atoms with E-state index in [0.29, 0.717) is 11.5 Å². The molecule has 3 heteroatoms. The molecule has 2 nitrogen and oxygen atoms in total. The zero-order valence-electron chi connectivity index (χ0n) is 11.3. The van der Waals surface area contributed by atoms with Crippen molar-refractivity contribution in [1.82, 2.24) is 5.32 Å². The molecule has 0 aliphatic carbocycles. The summed E-state index contributed by atoms with van der Waals surface area (Å²) in [7, 11) is 2.04. The summed E-state index contributed by atoms with van der Waals surface area (Å²) < 4.78 is 5.77. The first-order chi connectivity index (χ1) is 8.77. The minimum Gasteiger partial charge on any atom is -0.378 e. The number of hydrogen-bond donors (Lipinski definition) is 1. The molecule has 0 amide bonds. The highest BCUT2D eigenvalue weighted by Gasteiger charge is 2.40. The minimum atomic E-state index is 0.330. The zero-order chi connectivity index (χ0) is 12.8. The molecule has 1 aliphatic heterocycles. The van der Waals surface area contributed by atoms with Gasteiger partial charge >= 0.3 is 0 Å². The summed E-state index contributed by atoms with van der Waals surface area (Å²) in [6.07, 6.45) is 2.78. The Kier molecular flexibility index (Phi) is 5.10. The first kappa shape index (κ1) is 13.9. The maximum atomic E-state index is 5.77. The highest BCUT2D eigenvalue weighted by molar-refractivity contribution is 7.99. The molecule has 1 heterocycles. The molecule has 100 valence electrons. The Morgan fingerprint density at radius 2 is 2.17 bits per heavy atom. The molecule has 1 aromatic carbocycles. The molecule has 18 heavy (non-hydrogen) atoms. The van der Waals surface area contributed by atoms with Gasteiger partial charge in [0.15, 0.2) is 0 Å². The van der Waals surface area contributed by atoms with E-state index in [4.69, 9.17) is 4.74 Å². The quantitative estimate of drug-likeness (QED) is 0.798. The summed E-state index contributed by atoms with van der Waals surface area (Å²) in [4.78, 5) is 1.36. The van der Waals surface area contributed by atoms with Gasteiger partial charge in [-0.05, 0) is 44.7 Å². The van der Waals surface area contributed by atoms with Crippen LogP contribution in [0.4, 0.5) is 0 Å². The normalized spacial score (nSPS) is 27.6. The molecule has 0 saturated carbocycles. The largest absolute Gasteiger partial charge is 0.378 e. The van der Waals surface area contributed by atoms with Gasteiger partial charge in [0.05, 0.1) is 6.10 Å². The number of benzene rings is 1. The lowest BCUT2D eigenvalue weighted by molar-refractivity contribution is 0.0626. The van der Waals surface area contributed by atoms with E-state index in [9.17, 15) is 0 Å². The van der Waals surface area contributed by atoms with Gasteiger partial charge in [-0.25, -0.2) is 0 Å². The van der Waals surface area contributed by atoms with Crippen molar-refractivity contribution in [1.29, 1.82) is 0 Å². The van der Waals surface area contributed by atoms with E-state index in [1.165, 1.54) is 23.5 Å². The first-order valence-electron chi connectivity index (χ1n) is 6.71. The topological polar surface area (TPSA) is 21.3 Å². The summed E-state index contributed by atoms with van der Waals surface area (Å²) in [6, 6.07) is 10.6. The van der Waals surface area contributed by atoms with Gasteiger partial charge in [0, 0.05) is 23.5 Å². The van der Waals surface area contributed by atoms with E-state index in [-0.39, 0.29) is 0 Å². The molecule has 1 aliphatic rings. The van der Waals surface area contributed by atoms with Crippen LogP contribution in [-0.4, -0.2) is 32.1 Å². The van der Waals surface area contributed by atoms with Crippen molar-refractivity contribution in [2.75, 3.05) is 26.0 Å². The van der Waals surface area contributed by atoms with Gasteiger partial charge in [-0.15, -0.1) is 11.8 Å². The summed E-state index contributed by atoms with van der Waals surface area (Å²) in [5.41, 5.74) is 0.330. The summed E-state index contributed by atoms with van der Waals surface area (Å²) in [5.74, 6) is 1.17. The lowest BCUT2D eigenvalue weighted by Crippen LogP contribution is -2.38. The smallest absolute Gasteiger partial charge is 0.0616 e. The molecule has 0 spiro atoms. The summed E-state index contributed by atoms with van der Waals surface area (Å²) in [6.45, 7) is 4.19. The van der Waals surface area contributed by atoms with Crippen molar-refractivity contribution in [2.24, 2.45) is 5.41 Å². The van der Waals surface area contributed by atoms with E-state index < -0.39 is 0 Å². The molecule has 1 aromatic rings. The van der Waals surface area contributed by atoms with Gasteiger partial charge < -0.3 is 10.1 Å². The lowest BCUT2D eigenvalue weighted by atomic mass is 9.79. The minimum absolute atomic E-state index is 0.330. The number of hydrogen-bond acceptors (Lipinski definition) is 3. The predicted octanol–water partition coefficient (Wildman–Crippen LogP) is 3.18. The second-order valence-corrected chi connectivity index (χ2v) is 6.24. The van der Waals surface area contributed by atoms with E-state index in [1.54, 1.807) is 0 Å². The van der Waals surface area contributed by atoms with Crippen LogP contribution in [0.15, 0.2) is 35.2 Å². The first-order valence-corrected chi connectivity index (χ1v) is 7.69. The Hall–Kier alpha value is -0.510. The molecule has 2 rings (SSSR count). The Bertz CT molecular complexity index is 357. The summed E-state index contributed by atoms with van der Waals surface area (Å²) >= 11 is 1.95. The van der Waals surface area contributed by atoms with Crippen molar-refractivity contribution in [3.8, 4) is 0 Å². The van der Waals surface area contributed by atoms with Gasteiger partial charge in [-0.3, -0.25) is 0 Å². The van der Waals surface area contributed by atoms with Crippen molar-refractivity contribution in [3.63, 3.8) is 0 Å². The van der Waals surface area contributed by atoms with Gasteiger partial charge in [0.1, 0.15) is 0 Å². The summed E-state index contributed by atoms with van der Waals surface area (Å²) in [5, 5.41) is 3.34. The Morgan fingerprint density at radius 1 is 1.39 bits per heavy atom. The highest BCUT2D eigenvalue weighted by atomic mass is 32.2. The van der Waals surface area contributed by atoms with Gasteiger partial charge in [0.25, 0.3) is 0 Å². The molecular formula is C15H23NOS. The molecule has 0 bridgehead atoms. The molecule has 1 saturated heterocycles. The predicted molar refractivity (Wildman–Crippen MR) is 78.2 cm³/mol. The molecular weight excluding hydrogens is 242 g/mol. The Morgan fingerprint density at radius 3 is 2.78 bits per heavy atom. The average Bonchev–Trinajstić information content (AvgIpc) is 2.73. The average molecular weight is 265 g/mol. The molecule has 1 N–H and O–H groups in total. The van der Waals surface area contributed by atoms with Crippen LogP contribution in [0.2, 0.25) is 0 Å². The highest BCUT2D eigenvalue weighted by Crippen LogP contribution is 2.39. The van der Waals surface area contributed by atoms with Crippen LogP contribution in [0.5, 0.6) is 0 Å². The van der Waals surface area contributed by atoms with Crippen LogP contribution < -0.4 is 5.32 Å². The third-order valence-corrected chi connectivity index (χ3v) is 4.98.